The Bertz CT molecular complexity index is 1930. The van der Waals surface area contributed by atoms with Crippen molar-refractivity contribution < 1.29 is 38.8 Å². The van der Waals surface area contributed by atoms with E-state index < -0.39 is 30.3 Å². The Morgan fingerprint density at radius 1 is 0.800 bits per heavy atom. The van der Waals surface area contributed by atoms with Gasteiger partial charge < -0.3 is 29.7 Å². The first kappa shape index (κ1) is 44.6. The molecule has 6 rings (SSSR count). The molecule has 0 bridgehead atoms. The van der Waals surface area contributed by atoms with Crippen molar-refractivity contribution in [1.82, 2.24) is 25.5 Å². The second kappa shape index (κ2) is 21.5. The number of hydrogen-bond donors (Lipinski definition) is 4. The maximum Gasteiger partial charge on any atom is 0.237 e. The summed E-state index contributed by atoms with van der Waals surface area (Å²) in [6.07, 6.45) is 16.1. The van der Waals surface area contributed by atoms with Gasteiger partial charge in [-0.1, -0.05) is 69.9 Å². The lowest BCUT2D eigenvalue weighted by molar-refractivity contribution is -0.149. The van der Waals surface area contributed by atoms with E-state index in [1.165, 1.54) is 35.8 Å². The molecule has 322 valence electrons. The third-order valence-electron chi connectivity index (χ3n) is 11.6. The zero-order valence-electron chi connectivity index (χ0n) is 35.2. The number of aliphatic hydroxyl groups excluding tert-OH is 2. The van der Waals surface area contributed by atoms with E-state index in [0.717, 1.165) is 74.4 Å². The molecule has 1 aliphatic carbocycles. The number of allylic oxidation sites excluding steroid dienone is 1. The lowest BCUT2D eigenvalue weighted by atomic mass is 9.78. The minimum atomic E-state index is -1.14. The number of ketones is 1. The molecule has 13 heteroatoms. The molecule has 2 amide bonds. The number of rotatable bonds is 23. The highest BCUT2D eigenvalue weighted by atomic mass is 16.5. The van der Waals surface area contributed by atoms with Gasteiger partial charge in [0, 0.05) is 55.8 Å². The maximum absolute atomic E-state index is 13.2. The van der Waals surface area contributed by atoms with Crippen LogP contribution >= 0.6 is 0 Å². The van der Waals surface area contributed by atoms with Gasteiger partial charge in [-0.2, -0.15) is 0 Å². The topological polar surface area (TPSA) is 172 Å². The number of hydrogen-bond acceptors (Lipinski definition) is 12. The number of imide groups is 1. The molecule has 2 saturated heterocycles. The first-order valence-electron chi connectivity index (χ1n) is 21.5. The summed E-state index contributed by atoms with van der Waals surface area (Å²) in [4.78, 5) is 46.9. The quantitative estimate of drug-likeness (QED) is 0.0491. The van der Waals surface area contributed by atoms with E-state index >= 15 is 0 Å². The van der Waals surface area contributed by atoms with Crippen LogP contribution in [0, 0.1) is 11.8 Å². The van der Waals surface area contributed by atoms with Crippen LogP contribution in [0.25, 0.3) is 0 Å². The number of ether oxygens (including phenoxy) is 3. The number of nitrogens with one attached hydrogen (secondary N) is 2. The third kappa shape index (κ3) is 11.9. The molecule has 2 fully saturated rings. The van der Waals surface area contributed by atoms with Gasteiger partial charge in [-0.05, 0) is 86.1 Å². The lowest BCUT2D eigenvalue weighted by Gasteiger charge is -2.36. The van der Waals surface area contributed by atoms with Crippen molar-refractivity contribution in [1.29, 1.82) is 0 Å². The molecule has 3 heterocycles. The van der Waals surface area contributed by atoms with Gasteiger partial charge in [-0.25, -0.2) is 9.97 Å². The van der Waals surface area contributed by atoms with Gasteiger partial charge >= 0.3 is 0 Å². The Balaban J connectivity index is 0.762. The summed E-state index contributed by atoms with van der Waals surface area (Å²) in [7, 11) is 0. The van der Waals surface area contributed by atoms with E-state index in [-0.39, 0.29) is 28.8 Å². The Labute approximate surface area is 353 Å². The van der Waals surface area contributed by atoms with Gasteiger partial charge in [0.25, 0.3) is 0 Å². The Morgan fingerprint density at radius 2 is 1.38 bits per heavy atom. The predicted octanol–water partition coefficient (Wildman–Crippen LogP) is 6.13. The predicted molar refractivity (Wildman–Crippen MR) is 227 cm³/mol. The van der Waals surface area contributed by atoms with E-state index in [0.29, 0.717) is 32.7 Å². The van der Waals surface area contributed by atoms with E-state index in [1.807, 2.05) is 24.3 Å². The summed E-state index contributed by atoms with van der Waals surface area (Å²) in [5, 5.41) is 26.1. The number of aliphatic hydroxyl groups is 2. The van der Waals surface area contributed by atoms with Crippen LogP contribution in [-0.2, 0) is 26.3 Å². The molecule has 13 nitrogen and oxygen atoms in total. The maximum atomic E-state index is 13.2. The Morgan fingerprint density at radius 3 is 2.02 bits per heavy atom. The van der Waals surface area contributed by atoms with Crippen molar-refractivity contribution in [3.63, 3.8) is 0 Å². The van der Waals surface area contributed by atoms with Crippen LogP contribution in [0.4, 0.5) is 0 Å². The fourth-order valence-electron chi connectivity index (χ4n) is 7.91. The average molecular weight is 824 g/mol. The number of likely N-dealkylation sites (tertiary alicyclic amines) is 1. The molecule has 2 aromatic carbocycles. The third-order valence-corrected chi connectivity index (χ3v) is 11.6. The molecule has 3 aromatic rings. The summed E-state index contributed by atoms with van der Waals surface area (Å²) in [6, 6.07) is 15.8. The molecule has 2 aliphatic heterocycles. The fourth-order valence-corrected chi connectivity index (χ4v) is 7.91. The van der Waals surface area contributed by atoms with Gasteiger partial charge in [0.1, 0.15) is 30.6 Å². The van der Waals surface area contributed by atoms with Crippen LogP contribution in [-0.4, -0.2) is 87.5 Å². The second-order valence-corrected chi connectivity index (χ2v) is 16.5. The number of unbranched alkanes of at least 4 members (excludes halogenated alkanes) is 6. The number of carbonyl (C=O) groups excluding carboxylic acids is 3. The summed E-state index contributed by atoms with van der Waals surface area (Å²) in [6.45, 7) is 9.12. The summed E-state index contributed by atoms with van der Waals surface area (Å²) in [5.41, 5.74) is 3.81. The molecular formula is C47H61N5O8. The number of carbonyl (C=O) groups is 3. The van der Waals surface area contributed by atoms with E-state index in [1.54, 1.807) is 18.5 Å². The van der Waals surface area contributed by atoms with E-state index in [2.05, 4.69) is 70.8 Å². The van der Waals surface area contributed by atoms with Gasteiger partial charge in [0.05, 0.1) is 24.5 Å². The summed E-state index contributed by atoms with van der Waals surface area (Å²) < 4.78 is 17.8. The van der Waals surface area contributed by atoms with Crippen molar-refractivity contribution in [2.45, 2.75) is 115 Å². The molecule has 3 aliphatic rings. The van der Waals surface area contributed by atoms with Crippen LogP contribution in [0.2, 0.25) is 0 Å². The van der Waals surface area contributed by atoms with Gasteiger partial charge in [0.2, 0.25) is 11.8 Å². The molecule has 4 N–H and O–H groups in total. The number of fused-ring (bicyclic) bond motifs is 1. The number of Topliss-reactive ketones (excluding diaryl/α,β-unsaturated/α-hetero) is 1. The normalized spacial score (nSPS) is 21.4. The largest absolute Gasteiger partial charge is 0.494 e. The van der Waals surface area contributed by atoms with Gasteiger partial charge in [-0.15, -0.1) is 0 Å². The molecule has 5 unspecified atom stereocenters. The number of piperidine rings is 1. The molecule has 1 aromatic heterocycles. The highest BCUT2D eigenvalue weighted by Crippen LogP contribution is 2.36. The molecule has 0 spiro atoms. The van der Waals surface area contributed by atoms with E-state index in [9.17, 15) is 24.6 Å². The van der Waals surface area contributed by atoms with Crippen molar-refractivity contribution in [3.05, 3.63) is 107 Å². The minimum Gasteiger partial charge on any atom is -0.494 e. The molecule has 0 radical (unpaired) electrons. The molecule has 0 saturated carbocycles. The Kier molecular flexibility index (Phi) is 16.0. The molecule has 60 heavy (non-hydrogen) atoms. The zero-order valence-corrected chi connectivity index (χ0v) is 35.2. The number of benzene rings is 2. The smallest absolute Gasteiger partial charge is 0.237 e. The summed E-state index contributed by atoms with van der Waals surface area (Å²) >= 11 is 0. The molecular weight excluding hydrogens is 763 g/mol. The van der Waals surface area contributed by atoms with Crippen molar-refractivity contribution in [2.24, 2.45) is 11.8 Å². The second-order valence-electron chi connectivity index (χ2n) is 16.5. The van der Waals surface area contributed by atoms with Crippen LogP contribution in [0.5, 0.6) is 11.5 Å². The van der Waals surface area contributed by atoms with E-state index in [4.69, 9.17) is 14.2 Å². The van der Waals surface area contributed by atoms with Crippen LogP contribution in [0.3, 0.4) is 0 Å². The van der Waals surface area contributed by atoms with Crippen LogP contribution in [0.1, 0.15) is 112 Å². The monoisotopic (exact) mass is 823 g/mol. The summed E-state index contributed by atoms with van der Waals surface area (Å²) in [5.74, 6) is -0.0312. The van der Waals surface area contributed by atoms with Crippen molar-refractivity contribution in [3.8, 4) is 11.5 Å². The fraction of sp³-hybridized carbons (Fsp3) is 0.511. The highest BCUT2D eigenvalue weighted by Gasteiger charge is 2.51. The van der Waals surface area contributed by atoms with Gasteiger partial charge in [-0.3, -0.25) is 24.6 Å². The lowest BCUT2D eigenvalue weighted by Crippen LogP contribution is -2.58. The molecule has 5 atom stereocenters. The standard InChI is InChI=1S/C47H61N5O8/c1-32(53)43-49-29-33(30-50-43)31-60-38-19-14-35(15-20-38)47(2,3)34-12-17-37(18-13-34)59-27-10-7-5-4-6-9-25-58-26-11-8-24-48-36-16-21-39-40(28-36)46(57)52(45(39)56)41-22-23-42(54)51-44(41)55/h12-21,28-30,39-42,44,48,51,54-55H,4-11,22-27,31H2,1-3H3. The first-order valence-corrected chi connectivity index (χ1v) is 21.5. The van der Waals surface area contributed by atoms with Gasteiger partial charge in [0.15, 0.2) is 11.6 Å². The van der Waals surface area contributed by atoms with Crippen molar-refractivity contribution in [2.75, 3.05) is 26.4 Å². The first-order chi connectivity index (χ1) is 29.0. The number of amides is 2. The minimum absolute atomic E-state index is 0.163. The Hall–Kier alpha value is -4.95. The zero-order chi connectivity index (χ0) is 42.5. The number of aromatic nitrogens is 2. The van der Waals surface area contributed by atoms with Crippen molar-refractivity contribution >= 4 is 17.6 Å². The van der Waals surface area contributed by atoms with Crippen LogP contribution < -0.4 is 20.1 Å². The number of nitrogens with zero attached hydrogens (tertiary/aromatic N) is 3. The SMILES string of the molecule is CC(=O)c1ncc(COc2ccc(C(C)(C)c3ccc(OCCCCCCCCOCCCCNC4=CC5C(=O)N(C6CCC(O)NC6O)C(=O)C5C=C4)cc3)cc2)cn1. The highest BCUT2D eigenvalue weighted by molar-refractivity contribution is 6.07. The van der Waals surface area contributed by atoms with Crippen LogP contribution in [0.15, 0.2) is 84.8 Å². The average Bonchev–Trinajstić information content (AvgIpc) is 3.49.